The first-order chi connectivity index (χ1) is 64.2. The smallest absolute Gasteiger partial charge is 0.263 e. The number of hydrogen-bond acceptors (Lipinski definition) is 21. The highest BCUT2D eigenvalue weighted by Gasteiger charge is 2.38. The number of nitrogens with zero attached hydrogens (tertiary/aromatic N) is 9. The number of para-hydroxylation sites is 2. The van der Waals surface area contributed by atoms with Gasteiger partial charge in [0.2, 0.25) is 40.1 Å². The Bertz CT molecular complexity index is 8270. The lowest BCUT2D eigenvalue weighted by atomic mass is 10.0. The largest absolute Gasteiger partial charge is 0.280 e. The Balaban J connectivity index is 0.000000125. The maximum atomic E-state index is 13.1. The van der Waals surface area contributed by atoms with Crippen LogP contribution in [-0.2, 0) is 80.2 Å². The van der Waals surface area contributed by atoms with Crippen molar-refractivity contribution in [3.05, 3.63) is 327 Å². The SMILES string of the molecule is Cc1ccc(NS(=O)(=O)c2ccc(N3CCS3(=O)=O)cc2)cc1-c1ccc2ccccc2n1.O=S(=O)(Nc1ccc(Cl)c(-c2ccc3ccccc3n2)c1)c1ccc(N2CCS2(=O)=O)cc1Cl.O=S(=O)(Nc1ccc(Cl)c(-c2ccc3cnccc3n2)c1)c1ccc(N2CCS2(=O)=O)cc1Cl.O=S(=O)(Nc1ccc(Cl)c(-c2nccc3ccccc23)c1)c1ccc(N2CCS2(=O)=O)cc1Cl. The molecule has 135 heavy (non-hydrogen) atoms. The molecule has 16 aromatic rings. The van der Waals surface area contributed by atoms with E-state index < -0.39 is 80.2 Å². The second-order valence-corrected chi connectivity index (χ2v) is 48.0. The molecule has 9 heterocycles. The minimum Gasteiger partial charge on any atom is -0.280 e. The number of benzene rings is 11. The predicted molar refractivity (Wildman–Crippen MR) is 535 cm³/mol. The van der Waals surface area contributed by atoms with Crippen molar-refractivity contribution in [3.8, 4) is 45.0 Å². The summed E-state index contributed by atoms with van der Waals surface area (Å²) in [6.45, 7) is 3.35. The molecule has 4 N–H and O–H groups in total. The van der Waals surface area contributed by atoms with Crippen LogP contribution in [0.1, 0.15) is 5.56 Å². The molecule has 11 aromatic carbocycles. The maximum absolute atomic E-state index is 13.1. The van der Waals surface area contributed by atoms with Crippen LogP contribution < -0.4 is 36.1 Å². The molecule has 690 valence electrons. The summed E-state index contributed by atoms with van der Waals surface area (Å²) in [5.74, 6) is 0.262. The molecule has 0 saturated carbocycles. The average molecular weight is 2080 g/mol. The van der Waals surface area contributed by atoms with E-state index in [0.717, 1.165) is 60.3 Å². The van der Waals surface area contributed by atoms with E-state index in [1.165, 1.54) is 102 Å². The zero-order valence-corrected chi connectivity index (χ0v) is 81.0. The lowest BCUT2D eigenvalue weighted by Crippen LogP contribution is -2.47. The van der Waals surface area contributed by atoms with Gasteiger partial charge in [-0.3, -0.25) is 46.1 Å². The van der Waals surface area contributed by atoms with Crippen LogP contribution in [-0.4, -0.2) is 141 Å². The molecule has 0 spiro atoms. The fourth-order valence-corrected chi connectivity index (χ4v) is 25.7. The van der Waals surface area contributed by atoms with E-state index in [4.69, 9.17) is 74.6 Å². The number of rotatable bonds is 20. The molecule has 0 bridgehead atoms. The second kappa shape index (κ2) is 37.6. The number of pyridine rings is 5. The molecule has 20 rings (SSSR count). The van der Waals surface area contributed by atoms with Crippen LogP contribution >= 0.6 is 69.6 Å². The van der Waals surface area contributed by atoms with Gasteiger partial charge in [0, 0.05) is 111 Å². The van der Waals surface area contributed by atoms with Crippen LogP contribution in [0, 0.1) is 6.92 Å². The number of anilines is 8. The minimum absolute atomic E-state index is 0.0497. The van der Waals surface area contributed by atoms with Crippen LogP contribution in [0.3, 0.4) is 0 Å². The molecule has 29 nitrogen and oxygen atoms in total. The molecule has 4 aliphatic rings. The third-order valence-electron chi connectivity index (χ3n) is 22.1. The molecule has 4 fully saturated rings. The van der Waals surface area contributed by atoms with Crippen molar-refractivity contribution in [1.82, 2.24) is 24.9 Å². The number of aryl methyl sites for hydroxylation is 1. The Morgan fingerprint density at radius 2 is 0.652 bits per heavy atom. The molecular formula is C92H71Cl6N13O16S8. The number of aromatic nitrogens is 5. The van der Waals surface area contributed by atoms with Crippen LogP contribution in [0.25, 0.3) is 88.5 Å². The van der Waals surface area contributed by atoms with Crippen molar-refractivity contribution >= 4 is 239 Å². The molecule has 0 unspecified atom stereocenters. The number of hydrogen-bond donors (Lipinski definition) is 4. The summed E-state index contributed by atoms with van der Waals surface area (Å²) in [5.41, 5.74) is 11.1. The summed E-state index contributed by atoms with van der Waals surface area (Å²) in [7, 11) is -29.4. The average Bonchev–Trinajstić information content (AvgIpc) is 0.722. The zero-order chi connectivity index (χ0) is 95.5. The second-order valence-electron chi connectivity index (χ2n) is 30.9. The van der Waals surface area contributed by atoms with Crippen LogP contribution in [0.15, 0.2) is 311 Å². The Hall–Kier alpha value is -12.1. The van der Waals surface area contributed by atoms with Crippen LogP contribution in [0.2, 0.25) is 30.1 Å². The van der Waals surface area contributed by atoms with Gasteiger partial charge in [-0.2, -0.15) is 0 Å². The highest BCUT2D eigenvalue weighted by Crippen LogP contribution is 2.42. The normalized spacial score (nSPS) is 15.2. The Kier molecular flexibility index (Phi) is 26.3. The molecule has 0 aliphatic carbocycles. The first-order valence-electron chi connectivity index (χ1n) is 40.6. The molecule has 0 radical (unpaired) electrons. The van der Waals surface area contributed by atoms with Gasteiger partial charge < -0.3 is 0 Å². The molecule has 4 aliphatic heterocycles. The van der Waals surface area contributed by atoms with E-state index in [2.05, 4.69) is 38.8 Å². The topological polar surface area (TPSA) is 399 Å². The summed E-state index contributed by atoms with van der Waals surface area (Å²) in [6, 6.07) is 75.6. The Morgan fingerprint density at radius 3 is 1.07 bits per heavy atom. The van der Waals surface area contributed by atoms with E-state index in [1.54, 1.807) is 91.4 Å². The van der Waals surface area contributed by atoms with Crippen molar-refractivity contribution in [2.75, 3.05) is 85.3 Å². The molecule has 0 amide bonds. The lowest BCUT2D eigenvalue weighted by Gasteiger charge is -2.32. The summed E-state index contributed by atoms with van der Waals surface area (Å²) in [6.07, 6.45) is 5.01. The molecule has 5 aromatic heterocycles. The summed E-state index contributed by atoms with van der Waals surface area (Å²) in [5, 5.41) is 5.71. The van der Waals surface area contributed by atoms with E-state index >= 15 is 0 Å². The van der Waals surface area contributed by atoms with E-state index in [1.807, 2.05) is 122 Å². The quantitative estimate of drug-likeness (QED) is 0.0550. The van der Waals surface area contributed by atoms with Crippen molar-refractivity contribution in [3.63, 3.8) is 0 Å². The molecular weight excluding hydrogens is 2010 g/mol. The Labute approximate surface area is 807 Å². The first-order valence-corrected chi connectivity index (χ1v) is 55.2. The zero-order valence-electron chi connectivity index (χ0n) is 70.0. The van der Waals surface area contributed by atoms with Gasteiger partial charge >= 0.3 is 0 Å². The Morgan fingerprint density at radius 1 is 0.304 bits per heavy atom. The number of halogens is 6. The van der Waals surface area contributed by atoms with E-state index in [-0.39, 0.29) is 74.7 Å². The van der Waals surface area contributed by atoms with Crippen LogP contribution in [0.4, 0.5) is 45.5 Å². The molecule has 43 heteroatoms. The van der Waals surface area contributed by atoms with Crippen LogP contribution in [0.5, 0.6) is 0 Å². The van der Waals surface area contributed by atoms with Gasteiger partial charge in [-0.15, -0.1) is 0 Å². The van der Waals surface area contributed by atoms with Crippen molar-refractivity contribution in [2.24, 2.45) is 0 Å². The monoisotopic (exact) mass is 2080 g/mol. The lowest BCUT2D eigenvalue weighted by molar-refractivity contribution is 0.577. The fourth-order valence-electron chi connectivity index (χ4n) is 14.9. The maximum Gasteiger partial charge on any atom is 0.263 e. The van der Waals surface area contributed by atoms with Gasteiger partial charge in [-0.05, 0) is 212 Å². The van der Waals surface area contributed by atoms with E-state index in [9.17, 15) is 67.3 Å². The summed E-state index contributed by atoms with van der Waals surface area (Å²) < 4.78 is 214. The summed E-state index contributed by atoms with van der Waals surface area (Å²) >= 11 is 37.9. The summed E-state index contributed by atoms with van der Waals surface area (Å²) in [4.78, 5) is 22.0. The molecule has 0 atom stereocenters. The van der Waals surface area contributed by atoms with Crippen molar-refractivity contribution in [1.29, 1.82) is 0 Å². The first kappa shape index (κ1) is 94.7. The highest BCUT2D eigenvalue weighted by molar-refractivity contribution is 7.96. The van der Waals surface area contributed by atoms with Gasteiger partial charge in [0.15, 0.2) is 0 Å². The standard InChI is InChI=1S/C24H21N3O4S2.2C23H17Cl2N3O4S2.C22H16Cl2N4O4S2/c1-17-6-8-19(16-22(17)24-13-7-18-4-2-3-5-23(18)25-24)26-33(30,31)21-11-9-20(10-12-21)27-14-15-32(27,28)29;24-19-8-6-16(13-18(19)22-9-5-15-3-1-2-4-21(15)26-22)27-34(31,32)23-10-7-17(14-20(23)25)28-11-12-33(28,29)30;24-20-7-5-16(13-19(20)23-18-4-2-1-3-15(18)9-10-26-23)27-34(31,32)22-8-6-17(14-21(22)25)28-11-12-33(28,29)30;23-18-4-2-15(11-17(18)21-5-1-14-13-25-8-7-20(14)26-21)27-34(31,32)22-6-3-16(12-19(22)24)28-9-10-33(28,29)30/h2-13,16,26H,14-15H2,1H3;2*1-10,13-14,27H,11-12H2;1-8,11-13,27H,9-10H2. The third-order valence-corrected chi connectivity index (χ3v) is 37.1. The van der Waals surface area contributed by atoms with Gasteiger partial charge in [-0.1, -0.05) is 148 Å². The van der Waals surface area contributed by atoms with Crippen molar-refractivity contribution in [2.45, 2.75) is 26.5 Å². The van der Waals surface area contributed by atoms with E-state index in [0.29, 0.717) is 103 Å². The van der Waals surface area contributed by atoms with Gasteiger partial charge in [-0.25, -0.2) is 82.3 Å². The molecule has 4 saturated heterocycles. The third kappa shape index (κ3) is 20.3. The minimum atomic E-state index is -4.07. The number of nitrogens with one attached hydrogen (secondary N) is 4. The number of fused-ring (bicyclic) bond motifs is 4. The highest BCUT2D eigenvalue weighted by atomic mass is 35.5. The van der Waals surface area contributed by atoms with Crippen molar-refractivity contribution < 1.29 is 67.3 Å². The number of sulfonamides is 8. The predicted octanol–water partition coefficient (Wildman–Crippen LogP) is 19.0. The van der Waals surface area contributed by atoms with Gasteiger partial charge in [0.05, 0.1) is 120 Å². The van der Waals surface area contributed by atoms with Gasteiger partial charge in [0.1, 0.15) is 14.7 Å². The van der Waals surface area contributed by atoms with Gasteiger partial charge in [0.25, 0.3) is 40.1 Å². The fraction of sp³-hybridized carbons (Fsp3) is 0.0978.